The summed E-state index contributed by atoms with van der Waals surface area (Å²) in [6.45, 7) is 4.53. The van der Waals surface area contributed by atoms with Crippen molar-refractivity contribution in [2.45, 2.75) is 39.1 Å². The van der Waals surface area contributed by atoms with Crippen molar-refractivity contribution in [2.24, 2.45) is 5.92 Å². The Morgan fingerprint density at radius 1 is 1.07 bits per heavy atom. The van der Waals surface area contributed by atoms with E-state index in [4.69, 9.17) is 24.6 Å². The Morgan fingerprint density at radius 2 is 1.73 bits per heavy atom. The number of amides is 3. The van der Waals surface area contributed by atoms with Crippen molar-refractivity contribution in [1.82, 2.24) is 20.7 Å². The highest BCUT2D eigenvalue weighted by molar-refractivity contribution is 5.95. The molecule has 12 nitrogen and oxygen atoms in total. The minimum absolute atomic E-state index is 0.0236. The topological polar surface area (TPSA) is 167 Å². The number of carbonyl (C=O) groups excluding carboxylic acids is 3. The second-order valence-corrected chi connectivity index (χ2v) is 9.74. The van der Waals surface area contributed by atoms with Crippen molar-refractivity contribution < 1.29 is 52.1 Å². The molecule has 0 radical (unpaired) electrons. The number of carbonyl (C=O) groups is 4. The summed E-state index contributed by atoms with van der Waals surface area (Å²) in [5.74, 6) is -4.07. The van der Waals surface area contributed by atoms with Gasteiger partial charge >= 0.3 is 18.2 Å². The van der Waals surface area contributed by atoms with Gasteiger partial charge in [-0.15, -0.1) is 0 Å². The van der Waals surface area contributed by atoms with Crippen LogP contribution in [0, 0.1) is 12.8 Å². The molecule has 1 aromatic heterocycles. The molecule has 0 unspecified atom stereocenters. The van der Waals surface area contributed by atoms with Crippen molar-refractivity contribution >= 4 is 34.8 Å². The van der Waals surface area contributed by atoms with E-state index < -0.39 is 42.0 Å². The molecule has 15 heteroatoms. The van der Waals surface area contributed by atoms with Crippen LogP contribution in [0.5, 0.6) is 5.75 Å². The van der Waals surface area contributed by atoms with Crippen LogP contribution in [-0.2, 0) is 20.9 Å². The van der Waals surface area contributed by atoms with Crippen molar-refractivity contribution in [3.63, 3.8) is 0 Å². The number of pyridine rings is 1. The van der Waals surface area contributed by atoms with E-state index in [0.29, 0.717) is 24.3 Å². The lowest BCUT2D eigenvalue weighted by Crippen LogP contribution is -2.45. The number of aliphatic carboxylic acids is 1. The summed E-state index contributed by atoms with van der Waals surface area (Å²) >= 11 is 0. The molecular formula is C29H31F3N4O8. The Labute approximate surface area is 249 Å². The molecule has 1 saturated heterocycles. The van der Waals surface area contributed by atoms with Crippen molar-refractivity contribution in [2.75, 3.05) is 19.7 Å². The number of fused-ring (bicyclic) bond motifs is 1. The number of halogens is 3. The molecule has 0 saturated carbocycles. The van der Waals surface area contributed by atoms with Crippen molar-refractivity contribution in [1.29, 1.82) is 0 Å². The average molecular weight is 621 g/mol. The van der Waals surface area contributed by atoms with Crippen LogP contribution in [0.3, 0.4) is 0 Å². The van der Waals surface area contributed by atoms with Crippen LogP contribution in [-0.4, -0.2) is 76.0 Å². The summed E-state index contributed by atoms with van der Waals surface area (Å²) in [7, 11) is 0. The Morgan fingerprint density at radius 3 is 2.34 bits per heavy atom. The zero-order chi connectivity index (χ0) is 32.4. The molecule has 3 amide bonds. The van der Waals surface area contributed by atoms with E-state index in [-0.39, 0.29) is 19.7 Å². The quantitative estimate of drug-likeness (QED) is 0.216. The maximum Gasteiger partial charge on any atom is 0.490 e. The van der Waals surface area contributed by atoms with E-state index in [1.165, 1.54) is 4.90 Å². The number of likely N-dealkylation sites (tertiary alicyclic amines) is 1. The number of alkyl halides is 3. The van der Waals surface area contributed by atoms with Crippen LogP contribution in [0.4, 0.5) is 18.0 Å². The number of hydrogen-bond donors (Lipinski definition) is 4. The molecule has 0 aliphatic carbocycles. The summed E-state index contributed by atoms with van der Waals surface area (Å²) in [6, 6.07) is 15.8. The average Bonchev–Trinajstić information content (AvgIpc) is 3.42. The van der Waals surface area contributed by atoms with E-state index in [1.807, 2.05) is 44.2 Å². The first-order valence-electron chi connectivity index (χ1n) is 13.4. The number of benzene rings is 2. The zero-order valence-corrected chi connectivity index (χ0v) is 23.8. The second-order valence-electron chi connectivity index (χ2n) is 9.74. The van der Waals surface area contributed by atoms with E-state index in [1.54, 1.807) is 29.7 Å². The number of hydroxylamine groups is 1. The van der Waals surface area contributed by atoms with Gasteiger partial charge in [0.2, 0.25) is 5.91 Å². The molecule has 0 bridgehead atoms. The first kappa shape index (κ1) is 33.6. The number of carboxylic acid groups (broad SMARTS) is 1. The van der Waals surface area contributed by atoms with Gasteiger partial charge in [-0.1, -0.05) is 25.1 Å². The number of rotatable bonds is 8. The van der Waals surface area contributed by atoms with Gasteiger partial charge in [-0.05, 0) is 49.7 Å². The zero-order valence-electron chi connectivity index (χ0n) is 23.8. The third kappa shape index (κ3) is 9.04. The van der Waals surface area contributed by atoms with Crippen LogP contribution < -0.4 is 15.5 Å². The van der Waals surface area contributed by atoms with Crippen LogP contribution in [0.15, 0.2) is 54.6 Å². The molecule has 3 aromatic rings. The van der Waals surface area contributed by atoms with E-state index in [0.717, 1.165) is 22.2 Å². The maximum atomic E-state index is 12.9. The van der Waals surface area contributed by atoms with Gasteiger partial charge in [0.25, 0.3) is 5.91 Å². The Hall–Kier alpha value is -4.92. The monoisotopic (exact) mass is 620 g/mol. The fourth-order valence-corrected chi connectivity index (χ4v) is 4.36. The van der Waals surface area contributed by atoms with Crippen LogP contribution >= 0.6 is 0 Å². The highest BCUT2D eigenvalue weighted by Gasteiger charge is 2.41. The molecule has 2 atom stereocenters. The standard InChI is InChI=1S/C27H30N4O6.C2HF3O2/c1-3-12-36-27(34)31-14-22(26(33)30-35)24(15-31)29-25(32)18-8-10-20(11-9-18)37-16-19-13-17(2)28-23-7-5-4-6-21(19)23;3-2(4,5)1(6)7/h4-11,13,22,24,35H,3,12,14-16H2,1-2H3,(H,29,32)(H,30,33);(H,6,7)/t22-,24+;/m0./s1. The van der Waals surface area contributed by atoms with Gasteiger partial charge < -0.3 is 24.8 Å². The van der Waals surface area contributed by atoms with Gasteiger partial charge in [-0.25, -0.2) is 15.1 Å². The molecule has 1 aliphatic rings. The van der Waals surface area contributed by atoms with Crippen LogP contribution in [0.1, 0.15) is 35.0 Å². The van der Waals surface area contributed by atoms with Gasteiger partial charge in [0, 0.05) is 35.3 Å². The molecule has 1 fully saturated rings. The van der Waals surface area contributed by atoms with Gasteiger partial charge in [0.05, 0.1) is 24.1 Å². The third-order valence-electron chi connectivity index (χ3n) is 6.45. The van der Waals surface area contributed by atoms with Crippen molar-refractivity contribution in [3.8, 4) is 5.75 Å². The fourth-order valence-electron chi connectivity index (χ4n) is 4.36. The molecule has 2 aromatic carbocycles. The molecule has 2 heterocycles. The van der Waals surface area contributed by atoms with Gasteiger partial charge in [-0.2, -0.15) is 13.2 Å². The lowest BCUT2D eigenvalue weighted by Gasteiger charge is -2.18. The van der Waals surface area contributed by atoms with Crippen LogP contribution in [0.25, 0.3) is 10.9 Å². The minimum Gasteiger partial charge on any atom is -0.489 e. The Bertz CT molecular complexity index is 1480. The number of aryl methyl sites for hydroxylation is 1. The molecule has 44 heavy (non-hydrogen) atoms. The van der Waals surface area contributed by atoms with E-state index in [9.17, 15) is 27.6 Å². The summed E-state index contributed by atoms with van der Waals surface area (Å²) in [6.07, 6.45) is -4.98. The number of nitrogens with one attached hydrogen (secondary N) is 2. The largest absolute Gasteiger partial charge is 0.490 e. The highest BCUT2D eigenvalue weighted by atomic mass is 19.4. The number of nitrogens with zero attached hydrogens (tertiary/aromatic N) is 2. The van der Waals surface area contributed by atoms with Gasteiger partial charge in [0.15, 0.2) is 0 Å². The molecule has 4 N–H and O–H groups in total. The predicted molar refractivity (Wildman–Crippen MR) is 149 cm³/mol. The number of ether oxygens (including phenoxy) is 2. The minimum atomic E-state index is -5.08. The van der Waals surface area contributed by atoms with Gasteiger partial charge in [-0.3, -0.25) is 19.8 Å². The maximum absolute atomic E-state index is 12.9. The summed E-state index contributed by atoms with van der Waals surface area (Å²) in [5.41, 5.74) is 4.81. The Kier molecular flexibility index (Phi) is 11.4. The van der Waals surface area contributed by atoms with E-state index >= 15 is 0 Å². The van der Waals surface area contributed by atoms with Crippen molar-refractivity contribution in [3.05, 3.63) is 71.4 Å². The fraction of sp³-hybridized carbons (Fsp3) is 0.345. The lowest BCUT2D eigenvalue weighted by molar-refractivity contribution is -0.192. The summed E-state index contributed by atoms with van der Waals surface area (Å²) in [5, 5.41) is 20.0. The lowest BCUT2D eigenvalue weighted by atomic mass is 10.0. The SMILES string of the molecule is CCCOC(=O)N1C[C@H](C(=O)NO)[C@H](NC(=O)c2ccc(OCc3cc(C)nc4ccccc34)cc2)C1.O=C(O)C(F)(F)F. The Balaban J connectivity index is 0.000000676. The molecule has 0 spiro atoms. The summed E-state index contributed by atoms with van der Waals surface area (Å²) < 4.78 is 42.8. The number of para-hydroxylation sites is 1. The smallest absolute Gasteiger partial charge is 0.489 e. The summed E-state index contributed by atoms with van der Waals surface area (Å²) in [4.78, 5) is 52.1. The first-order chi connectivity index (χ1) is 20.8. The normalized spacial score (nSPS) is 16.0. The second kappa shape index (κ2) is 15.0. The highest BCUT2D eigenvalue weighted by Crippen LogP contribution is 2.22. The number of carboxylic acids is 1. The molecule has 4 rings (SSSR count). The number of aromatic nitrogens is 1. The molecular weight excluding hydrogens is 589 g/mol. The molecule has 236 valence electrons. The number of hydrogen-bond acceptors (Lipinski definition) is 8. The predicted octanol–water partition coefficient (Wildman–Crippen LogP) is 3.84. The molecule has 1 aliphatic heterocycles. The van der Waals surface area contributed by atoms with Crippen LogP contribution in [0.2, 0.25) is 0 Å². The first-order valence-corrected chi connectivity index (χ1v) is 13.4. The van der Waals surface area contributed by atoms with E-state index in [2.05, 4.69) is 10.3 Å². The van der Waals surface area contributed by atoms with Gasteiger partial charge in [0.1, 0.15) is 12.4 Å². The third-order valence-corrected chi connectivity index (χ3v) is 6.45.